The molecule has 1 heterocycles. The van der Waals surface area contributed by atoms with Gasteiger partial charge in [0.05, 0.1) is 12.3 Å². The van der Waals surface area contributed by atoms with Crippen molar-refractivity contribution in [3.8, 4) is 0 Å². The number of esters is 1. The number of hydrogen-bond donors (Lipinski definition) is 1. The Morgan fingerprint density at radius 1 is 1.28 bits per heavy atom. The number of oxime groups is 1. The standard InChI is InChI=1S/C18H30N2O5/c1-6-8-9-13-10-17(25-20-13)11-18(12-17,14(21)23-7-2)19-15(22)24-16(3,4)5/h6-12H2,1-5H3,(H,19,22). The summed E-state index contributed by atoms with van der Waals surface area (Å²) in [5.41, 5.74) is -1.22. The third kappa shape index (κ3) is 4.64. The van der Waals surface area contributed by atoms with Gasteiger partial charge in [0.2, 0.25) is 0 Å². The van der Waals surface area contributed by atoms with Gasteiger partial charge >= 0.3 is 12.1 Å². The van der Waals surface area contributed by atoms with Crippen LogP contribution in [0.5, 0.6) is 0 Å². The Balaban J connectivity index is 2.01. The number of rotatable bonds is 6. The van der Waals surface area contributed by atoms with E-state index in [2.05, 4.69) is 17.4 Å². The molecule has 0 saturated heterocycles. The van der Waals surface area contributed by atoms with E-state index < -0.39 is 28.8 Å². The smallest absolute Gasteiger partial charge is 0.408 e. The van der Waals surface area contributed by atoms with E-state index in [-0.39, 0.29) is 6.61 Å². The normalized spacial score (nSPS) is 28.0. The summed E-state index contributed by atoms with van der Waals surface area (Å²) in [6, 6.07) is 0. The predicted molar refractivity (Wildman–Crippen MR) is 93.4 cm³/mol. The maximum atomic E-state index is 12.5. The molecule has 1 fully saturated rings. The van der Waals surface area contributed by atoms with Crippen LogP contribution in [-0.2, 0) is 19.1 Å². The lowest BCUT2D eigenvalue weighted by molar-refractivity contribution is -0.178. The molecule has 7 nitrogen and oxygen atoms in total. The minimum absolute atomic E-state index is 0.253. The van der Waals surface area contributed by atoms with Crippen molar-refractivity contribution < 1.29 is 23.9 Å². The molecule has 0 aromatic carbocycles. The third-order valence-corrected chi connectivity index (χ3v) is 4.37. The summed E-state index contributed by atoms with van der Waals surface area (Å²) >= 11 is 0. The van der Waals surface area contributed by atoms with E-state index in [1.807, 2.05) is 0 Å². The Labute approximate surface area is 149 Å². The van der Waals surface area contributed by atoms with Crippen LogP contribution >= 0.6 is 0 Å². The molecule has 0 bridgehead atoms. The maximum absolute atomic E-state index is 12.5. The molecular weight excluding hydrogens is 324 g/mol. The van der Waals surface area contributed by atoms with Crippen LogP contribution in [-0.4, -0.2) is 41.1 Å². The van der Waals surface area contributed by atoms with Crippen LogP contribution in [0, 0.1) is 0 Å². The second-order valence-electron chi connectivity index (χ2n) is 8.00. The Morgan fingerprint density at radius 2 is 1.96 bits per heavy atom. The zero-order chi connectivity index (χ0) is 18.7. The molecule has 0 atom stereocenters. The number of hydrogen-bond acceptors (Lipinski definition) is 6. The minimum Gasteiger partial charge on any atom is -0.464 e. The second-order valence-corrected chi connectivity index (χ2v) is 8.00. The number of carbonyl (C=O) groups excluding carboxylic acids is 2. The molecule has 0 aromatic heterocycles. The first kappa shape index (κ1) is 19.5. The molecule has 1 spiro atoms. The van der Waals surface area contributed by atoms with Crippen molar-refractivity contribution in [1.29, 1.82) is 0 Å². The fourth-order valence-electron chi connectivity index (χ4n) is 3.40. The van der Waals surface area contributed by atoms with Gasteiger partial charge < -0.3 is 19.6 Å². The van der Waals surface area contributed by atoms with Gasteiger partial charge in [-0.2, -0.15) is 0 Å². The van der Waals surface area contributed by atoms with Crippen molar-refractivity contribution in [3.05, 3.63) is 0 Å². The van der Waals surface area contributed by atoms with Gasteiger partial charge in [0.15, 0.2) is 0 Å². The number of ether oxygens (including phenoxy) is 2. The lowest BCUT2D eigenvalue weighted by Gasteiger charge is -2.50. The van der Waals surface area contributed by atoms with E-state index in [1.54, 1.807) is 27.7 Å². The fourth-order valence-corrected chi connectivity index (χ4v) is 3.40. The number of unbranched alkanes of at least 4 members (excludes halogenated alkanes) is 1. The number of nitrogens with zero attached hydrogens (tertiary/aromatic N) is 1. The molecule has 7 heteroatoms. The molecule has 0 aromatic rings. The second kappa shape index (κ2) is 7.22. The molecule has 1 saturated carbocycles. The molecule has 0 radical (unpaired) electrons. The molecule has 1 aliphatic carbocycles. The Bertz CT molecular complexity index is 544. The highest BCUT2D eigenvalue weighted by atomic mass is 16.7. The van der Waals surface area contributed by atoms with E-state index in [1.165, 1.54) is 0 Å². The first-order valence-electron chi connectivity index (χ1n) is 9.06. The van der Waals surface area contributed by atoms with Gasteiger partial charge in [-0.15, -0.1) is 0 Å². The van der Waals surface area contributed by atoms with Gasteiger partial charge in [-0.05, 0) is 40.5 Å². The van der Waals surface area contributed by atoms with Crippen molar-refractivity contribution in [2.45, 2.75) is 89.9 Å². The van der Waals surface area contributed by atoms with Crippen LogP contribution in [0.15, 0.2) is 5.16 Å². The summed E-state index contributed by atoms with van der Waals surface area (Å²) in [6.45, 7) is 9.46. The summed E-state index contributed by atoms with van der Waals surface area (Å²) in [7, 11) is 0. The first-order valence-corrected chi connectivity index (χ1v) is 9.06. The summed E-state index contributed by atoms with van der Waals surface area (Å²) in [5.74, 6) is -0.447. The van der Waals surface area contributed by atoms with Gasteiger partial charge in [0.25, 0.3) is 0 Å². The Hall–Kier alpha value is -1.79. The van der Waals surface area contributed by atoms with Crippen LogP contribution in [0.3, 0.4) is 0 Å². The van der Waals surface area contributed by atoms with Crippen LogP contribution in [0.25, 0.3) is 0 Å². The summed E-state index contributed by atoms with van der Waals surface area (Å²) in [6.07, 6.45) is 3.83. The highest BCUT2D eigenvalue weighted by molar-refractivity contribution is 5.90. The fraction of sp³-hybridized carbons (Fsp3) is 0.833. The average Bonchev–Trinajstić information content (AvgIpc) is 2.86. The van der Waals surface area contributed by atoms with Crippen molar-refractivity contribution in [1.82, 2.24) is 5.32 Å². The van der Waals surface area contributed by atoms with Crippen molar-refractivity contribution in [2.24, 2.45) is 5.16 Å². The molecule has 0 unspecified atom stereocenters. The largest absolute Gasteiger partial charge is 0.464 e. The molecule has 1 N–H and O–H groups in total. The molecule has 2 aliphatic rings. The lowest BCUT2D eigenvalue weighted by atomic mass is 9.63. The van der Waals surface area contributed by atoms with E-state index in [4.69, 9.17) is 14.3 Å². The molecule has 25 heavy (non-hydrogen) atoms. The van der Waals surface area contributed by atoms with Gasteiger partial charge in [0.1, 0.15) is 16.7 Å². The zero-order valence-electron chi connectivity index (χ0n) is 15.9. The average molecular weight is 354 g/mol. The monoisotopic (exact) mass is 354 g/mol. The number of carbonyl (C=O) groups is 2. The van der Waals surface area contributed by atoms with E-state index >= 15 is 0 Å². The first-order chi connectivity index (χ1) is 11.6. The van der Waals surface area contributed by atoms with Crippen LogP contribution in [0.1, 0.15) is 73.1 Å². The van der Waals surface area contributed by atoms with Gasteiger partial charge in [-0.3, -0.25) is 0 Å². The molecule has 142 valence electrons. The molecule has 1 amide bonds. The van der Waals surface area contributed by atoms with Gasteiger partial charge in [-0.25, -0.2) is 9.59 Å². The topological polar surface area (TPSA) is 86.2 Å². The van der Waals surface area contributed by atoms with Crippen LogP contribution in [0.4, 0.5) is 4.79 Å². The summed E-state index contributed by atoms with van der Waals surface area (Å²) < 4.78 is 10.5. The van der Waals surface area contributed by atoms with Crippen LogP contribution < -0.4 is 5.32 Å². The quantitative estimate of drug-likeness (QED) is 0.740. The molecule has 1 aliphatic heterocycles. The zero-order valence-corrected chi connectivity index (χ0v) is 15.9. The third-order valence-electron chi connectivity index (χ3n) is 4.37. The van der Waals surface area contributed by atoms with Gasteiger partial charge in [0, 0.05) is 19.3 Å². The van der Waals surface area contributed by atoms with Crippen molar-refractivity contribution >= 4 is 17.8 Å². The van der Waals surface area contributed by atoms with Crippen LogP contribution in [0.2, 0.25) is 0 Å². The van der Waals surface area contributed by atoms with Crippen molar-refractivity contribution in [3.63, 3.8) is 0 Å². The maximum Gasteiger partial charge on any atom is 0.408 e. The highest BCUT2D eigenvalue weighted by Crippen LogP contribution is 2.50. The van der Waals surface area contributed by atoms with Gasteiger partial charge in [-0.1, -0.05) is 18.5 Å². The number of amides is 1. The highest BCUT2D eigenvalue weighted by Gasteiger charge is 2.65. The van der Waals surface area contributed by atoms with E-state index in [0.29, 0.717) is 19.3 Å². The van der Waals surface area contributed by atoms with Crippen molar-refractivity contribution in [2.75, 3.05) is 6.61 Å². The predicted octanol–water partition coefficient (Wildman–Crippen LogP) is 3.31. The summed E-state index contributed by atoms with van der Waals surface area (Å²) in [4.78, 5) is 30.3. The number of alkyl carbamates (subject to hydrolysis) is 1. The molecular formula is C18H30N2O5. The SMILES string of the molecule is CCCCC1=NOC2(C1)CC(NC(=O)OC(C)(C)C)(C(=O)OCC)C2. The summed E-state index contributed by atoms with van der Waals surface area (Å²) in [5, 5.41) is 6.89. The molecule has 2 rings (SSSR count). The Kier molecular flexibility index (Phi) is 5.64. The Morgan fingerprint density at radius 3 is 2.52 bits per heavy atom. The minimum atomic E-state index is -1.10. The van der Waals surface area contributed by atoms with E-state index in [9.17, 15) is 9.59 Å². The lowest BCUT2D eigenvalue weighted by Crippen LogP contribution is -2.70. The number of nitrogens with one attached hydrogen (secondary N) is 1. The van der Waals surface area contributed by atoms with E-state index in [0.717, 1.165) is 25.0 Å².